The van der Waals surface area contributed by atoms with Crippen LogP contribution in [0.15, 0.2) is 0 Å². The molecule has 28 heavy (non-hydrogen) atoms. The Labute approximate surface area is 180 Å². The van der Waals surface area contributed by atoms with E-state index in [4.69, 9.17) is 0 Å². The van der Waals surface area contributed by atoms with Gasteiger partial charge in [0.2, 0.25) is 8.40 Å². The van der Waals surface area contributed by atoms with E-state index in [1.807, 2.05) is 0 Å². The van der Waals surface area contributed by atoms with Gasteiger partial charge < -0.3 is 3.90 Å². The molecule has 3 nitrogen and oxygen atoms in total. The third-order valence-electron chi connectivity index (χ3n) is 8.05. The third kappa shape index (κ3) is 3.96. The largest absolute Gasteiger partial charge is 0.459 e. The lowest BCUT2D eigenvalue weighted by molar-refractivity contribution is 0.483. The van der Waals surface area contributed by atoms with Crippen molar-refractivity contribution in [2.24, 2.45) is 0 Å². The van der Waals surface area contributed by atoms with Crippen LogP contribution in [-0.2, 0) is 0 Å². The van der Waals surface area contributed by atoms with E-state index in [1.165, 1.54) is 0 Å². The number of nitrogens with one attached hydrogen (secondary N) is 2. The molecule has 0 atom stereocenters. The van der Waals surface area contributed by atoms with Crippen molar-refractivity contribution in [3.05, 3.63) is 0 Å². The zero-order valence-corrected chi connectivity index (χ0v) is 25.8. The standard InChI is InChI=1S/C20H50FN3Si4/c1-17(2,3)25(13,14)24(26(15,16)18(4,5)6)28(21)22-27(23-28,19(7,8)9)20(10,11)12/h22-23H,1-16H3. The fourth-order valence-corrected chi connectivity index (χ4v) is 36.9. The summed E-state index contributed by atoms with van der Waals surface area (Å²) in [6.07, 6.45) is 0. The summed E-state index contributed by atoms with van der Waals surface area (Å²) in [5.74, 6) is 0. The van der Waals surface area contributed by atoms with Crippen molar-refractivity contribution in [1.82, 2.24) is 13.2 Å². The van der Waals surface area contributed by atoms with E-state index >= 15 is 4.11 Å². The predicted octanol–water partition coefficient (Wildman–Crippen LogP) is 6.94. The Balaban J connectivity index is 3.64. The molecule has 168 valence electrons. The molecule has 1 fully saturated rings. The normalized spacial score (nSPS) is 21.6. The second kappa shape index (κ2) is 6.84. The second-order valence-corrected chi connectivity index (χ2v) is 33.7. The molecule has 1 heterocycles. The Hall–Kier alpha value is 0.678. The molecule has 0 radical (unpaired) electrons. The number of hydrogen-bond donors (Lipinski definition) is 2. The molecule has 1 saturated heterocycles. The number of nitrogens with zero attached hydrogens (tertiary/aromatic N) is 1. The van der Waals surface area contributed by atoms with Crippen LogP contribution < -0.4 is 9.30 Å². The van der Waals surface area contributed by atoms with Crippen molar-refractivity contribution in [2.75, 3.05) is 0 Å². The van der Waals surface area contributed by atoms with Crippen LogP contribution in [0.1, 0.15) is 83.1 Å². The summed E-state index contributed by atoms with van der Waals surface area (Å²) in [6.45, 7) is 37.1. The molecule has 0 aromatic carbocycles. The number of rotatable bonds is 3. The SMILES string of the molecule is CC(C)(C)[Si](C)(C)N([Si]1(F)N[Si](C(C)(C)C)(C(C)(C)C)N1)[Si](C)(C)C(C)(C)C. The smallest absolute Gasteiger partial charge is 0.317 e. The van der Waals surface area contributed by atoms with Gasteiger partial charge in [0.15, 0.2) is 0 Å². The summed E-state index contributed by atoms with van der Waals surface area (Å²) in [5.41, 5.74) is 0. The van der Waals surface area contributed by atoms with Gasteiger partial charge in [0, 0.05) is 0 Å². The van der Waals surface area contributed by atoms with Crippen LogP contribution in [-0.4, -0.2) is 37.7 Å². The van der Waals surface area contributed by atoms with Crippen LogP contribution in [0.2, 0.25) is 46.3 Å². The molecule has 0 unspecified atom stereocenters. The highest BCUT2D eigenvalue weighted by atomic mass is 28.6. The Bertz CT molecular complexity index is 545. The maximum atomic E-state index is 17.1. The van der Waals surface area contributed by atoms with E-state index in [0.29, 0.717) is 0 Å². The lowest BCUT2D eigenvalue weighted by Crippen LogP contribution is -3.03. The number of hydrogen-bond acceptors (Lipinski definition) is 3. The maximum Gasteiger partial charge on any atom is 0.459 e. The molecule has 1 aliphatic heterocycles. The molecule has 0 amide bonds. The Kier molecular flexibility index (Phi) is 6.52. The van der Waals surface area contributed by atoms with Gasteiger partial charge in [0.05, 0.1) is 0 Å². The summed E-state index contributed by atoms with van der Waals surface area (Å²) in [7, 11) is -9.86. The summed E-state index contributed by atoms with van der Waals surface area (Å²) >= 11 is 0. The van der Waals surface area contributed by atoms with Crippen LogP contribution in [0.25, 0.3) is 0 Å². The predicted molar refractivity (Wildman–Crippen MR) is 135 cm³/mol. The zero-order valence-electron chi connectivity index (χ0n) is 21.8. The van der Waals surface area contributed by atoms with Crippen LogP contribution in [0.3, 0.4) is 0 Å². The Morgan fingerprint density at radius 2 is 0.857 bits per heavy atom. The highest BCUT2D eigenvalue weighted by molar-refractivity contribution is 7.14. The van der Waals surface area contributed by atoms with Crippen LogP contribution in [0, 0.1) is 0 Å². The van der Waals surface area contributed by atoms with E-state index in [9.17, 15) is 0 Å². The van der Waals surface area contributed by atoms with Crippen molar-refractivity contribution >= 4 is 33.8 Å². The summed E-state index contributed by atoms with van der Waals surface area (Å²) in [4.78, 5) is 0. The molecule has 0 saturated carbocycles. The molecular weight excluding hydrogens is 414 g/mol. The molecule has 2 N–H and O–H groups in total. The third-order valence-corrected chi connectivity index (χ3v) is 37.0. The molecule has 0 bridgehead atoms. The Morgan fingerprint density at radius 1 is 0.607 bits per heavy atom. The van der Waals surface area contributed by atoms with E-state index in [2.05, 4.69) is 122 Å². The average molecular weight is 464 g/mol. The fourth-order valence-electron chi connectivity index (χ4n) is 4.62. The Morgan fingerprint density at radius 3 is 1.04 bits per heavy atom. The van der Waals surface area contributed by atoms with Gasteiger partial charge in [-0.25, -0.2) is 0 Å². The molecule has 0 spiro atoms. The lowest BCUT2D eigenvalue weighted by Gasteiger charge is -2.70. The minimum absolute atomic E-state index is 0.0420. The first kappa shape index (κ1) is 26.7. The molecule has 8 heteroatoms. The van der Waals surface area contributed by atoms with Crippen molar-refractivity contribution in [1.29, 1.82) is 0 Å². The summed E-state index contributed by atoms with van der Waals surface area (Å²) < 4.78 is 27.2. The molecule has 1 rings (SSSR count). The van der Waals surface area contributed by atoms with Gasteiger partial charge >= 0.3 is 8.89 Å². The average Bonchev–Trinajstić information content (AvgIpc) is 2.28. The van der Waals surface area contributed by atoms with E-state index < -0.39 is 33.8 Å². The highest BCUT2D eigenvalue weighted by Crippen LogP contribution is 2.56. The van der Waals surface area contributed by atoms with Crippen molar-refractivity contribution in [3.8, 4) is 0 Å². The van der Waals surface area contributed by atoms with Crippen LogP contribution >= 0.6 is 0 Å². The summed E-state index contributed by atoms with van der Waals surface area (Å²) in [5, 5.41) is 0.281. The van der Waals surface area contributed by atoms with Crippen molar-refractivity contribution in [3.63, 3.8) is 0 Å². The monoisotopic (exact) mass is 463 g/mol. The molecule has 0 aromatic rings. The number of halogens is 1. The van der Waals surface area contributed by atoms with Gasteiger partial charge in [0.1, 0.15) is 16.5 Å². The van der Waals surface area contributed by atoms with Crippen molar-refractivity contribution in [2.45, 2.75) is 129 Å². The first-order chi connectivity index (χ1) is 11.8. The van der Waals surface area contributed by atoms with Crippen molar-refractivity contribution < 1.29 is 4.11 Å². The minimum atomic E-state index is -3.45. The van der Waals surface area contributed by atoms with Gasteiger partial charge in [-0.3, -0.25) is 13.4 Å². The van der Waals surface area contributed by atoms with Gasteiger partial charge in [-0.2, -0.15) is 0 Å². The topological polar surface area (TPSA) is 27.3 Å². The van der Waals surface area contributed by atoms with Gasteiger partial charge in [-0.05, 0) is 20.2 Å². The van der Waals surface area contributed by atoms with Gasteiger partial charge in [-0.15, -0.1) is 0 Å². The van der Waals surface area contributed by atoms with E-state index in [0.717, 1.165) is 0 Å². The minimum Gasteiger partial charge on any atom is -0.317 e. The molecule has 0 aromatic heterocycles. The quantitative estimate of drug-likeness (QED) is 0.350. The van der Waals surface area contributed by atoms with E-state index in [-0.39, 0.29) is 20.2 Å². The maximum absolute atomic E-state index is 17.1. The highest BCUT2D eigenvalue weighted by Gasteiger charge is 2.75. The summed E-state index contributed by atoms with van der Waals surface area (Å²) in [6, 6.07) is 0. The first-order valence-corrected chi connectivity index (χ1v) is 20.6. The molecular formula is C20H50FN3Si4. The van der Waals surface area contributed by atoms with Gasteiger partial charge in [-0.1, -0.05) is 109 Å². The van der Waals surface area contributed by atoms with Gasteiger partial charge in [0.25, 0.3) is 0 Å². The second-order valence-electron chi connectivity index (χ2n) is 14.1. The molecule has 1 aliphatic rings. The lowest BCUT2D eigenvalue weighted by atomic mass is 10.2. The zero-order chi connectivity index (χ0) is 23.0. The molecule has 0 aliphatic carbocycles. The van der Waals surface area contributed by atoms with E-state index in [1.54, 1.807) is 0 Å². The fraction of sp³-hybridized carbons (Fsp3) is 1.00. The first-order valence-electron chi connectivity index (χ1n) is 10.9. The van der Waals surface area contributed by atoms with Crippen LogP contribution in [0.4, 0.5) is 4.11 Å². The van der Waals surface area contributed by atoms with Crippen LogP contribution in [0.5, 0.6) is 0 Å².